The molecule has 4 aromatic rings. The van der Waals surface area contributed by atoms with E-state index in [4.69, 9.17) is 11.6 Å². The van der Waals surface area contributed by atoms with Crippen molar-refractivity contribution in [2.45, 2.75) is 26.4 Å². The normalized spacial score (nSPS) is 11.5. The van der Waals surface area contributed by atoms with Gasteiger partial charge in [0.15, 0.2) is 11.2 Å². The molecule has 148 valence electrons. The second kappa shape index (κ2) is 7.33. The molecular weight excluding hydrogens is 395 g/mol. The summed E-state index contributed by atoms with van der Waals surface area (Å²) >= 11 is 5.99. The molecule has 2 heterocycles. The fraction of sp³-hybridized carbons (Fsp3) is 0.190. The molecule has 2 aromatic carbocycles. The second-order valence-corrected chi connectivity index (χ2v) is 7.47. The van der Waals surface area contributed by atoms with Crippen LogP contribution in [0.2, 0.25) is 5.02 Å². The zero-order chi connectivity index (χ0) is 20.7. The van der Waals surface area contributed by atoms with Crippen LogP contribution < -0.4 is 11.2 Å². The minimum atomic E-state index is -0.525. The Labute approximate surface area is 170 Å². The van der Waals surface area contributed by atoms with E-state index in [2.05, 4.69) is 4.98 Å². The summed E-state index contributed by atoms with van der Waals surface area (Å²) < 4.78 is 17.5. The standard InChI is InChI=1S/C21H18ClFN4O2/c1-13(2)26-12-24-19-18(26)20(28)25(11-14-3-7-16(23)8-4-14)21(29)27(19)17-9-5-15(22)6-10-17/h3-10,12-13H,11H2,1-2H3. The molecule has 2 aromatic heterocycles. The summed E-state index contributed by atoms with van der Waals surface area (Å²) in [6.45, 7) is 3.88. The number of benzene rings is 2. The lowest BCUT2D eigenvalue weighted by molar-refractivity contribution is 0.607. The summed E-state index contributed by atoms with van der Waals surface area (Å²) in [5.74, 6) is -0.381. The van der Waals surface area contributed by atoms with Crippen molar-refractivity contribution in [3.05, 3.63) is 92.1 Å². The number of hydrogen-bond donors (Lipinski definition) is 0. The number of halogens is 2. The summed E-state index contributed by atoms with van der Waals surface area (Å²) in [4.78, 5) is 30.9. The highest BCUT2D eigenvalue weighted by Crippen LogP contribution is 2.18. The fourth-order valence-electron chi connectivity index (χ4n) is 3.27. The Hall–Kier alpha value is -3.19. The lowest BCUT2D eigenvalue weighted by Crippen LogP contribution is -2.40. The molecule has 0 radical (unpaired) electrons. The molecule has 0 bridgehead atoms. The monoisotopic (exact) mass is 412 g/mol. The van der Waals surface area contributed by atoms with Crippen LogP contribution in [0.15, 0.2) is 64.4 Å². The average Bonchev–Trinajstić information content (AvgIpc) is 3.13. The Morgan fingerprint density at radius 1 is 1.03 bits per heavy atom. The Morgan fingerprint density at radius 2 is 1.69 bits per heavy atom. The Balaban J connectivity index is 2.03. The van der Waals surface area contributed by atoms with Gasteiger partial charge in [-0.2, -0.15) is 0 Å². The molecule has 0 saturated heterocycles. The van der Waals surface area contributed by atoms with Crippen LogP contribution in [0.4, 0.5) is 4.39 Å². The maximum Gasteiger partial charge on any atom is 0.337 e. The van der Waals surface area contributed by atoms with Crippen LogP contribution in [0, 0.1) is 5.82 Å². The van der Waals surface area contributed by atoms with Crippen molar-refractivity contribution in [2.24, 2.45) is 0 Å². The molecule has 29 heavy (non-hydrogen) atoms. The zero-order valence-electron chi connectivity index (χ0n) is 15.8. The van der Waals surface area contributed by atoms with E-state index in [-0.39, 0.29) is 24.1 Å². The van der Waals surface area contributed by atoms with E-state index < -0.39 is 11.2 Å². The van der Waals surface area contributed by atoms with Gasteiger partial charge in [-0.25, -0.2) is 18.7 Å². The first-order valence-electron chi connectivity index (χ1n) is 9.09. The molecule has 0 aliphatic carbocycles. The molecule has 0 spiro atoms. The number of hydrogen-bond acceptors (Lipinski definition) is 3. The highest BCUT2D eigenvalue weighted by molar-refractivity contribution is 6.30. The number of aromatic nitrogens is 4. The molecule has 0 amide bonds. The van der Waals surface area contributed by atoms with E-state index in [1.807, 2.05) is 13.8 Å². The first-order valence-corrected chi connectivity index (χ1v) is 9.47. The Bertz CT molecular complexity index is 1300. The van der Waals surface area contributed by atoms with Crippen molar-refractivity contribution in [2.75, 3.05) is 0 Å². The molecule has 0 fully saturated rings. The van der Waals surface area contributed by atoms with E-state index in [1.165, 1.54) is 16.7 Å². The van der Waals surface area contributed by atoms with Crippen molar-refractivity contribution in [3.63, 3.8) is 0 Å². The molecular formula is C21H18ClFN4O2. The van der Waals surface area contributed by atoms with Crippen molar-refractivity contribution < 1.29 is 4.39 Å². The van der Waals surface area contributed by atoms with Gasteiger partial charge >= 0.3 is 5.69 Å². The lowest BCUT2D eigenvalue weighted by atomic mass is 10.2. The first-order chi connectivity index (χ1) is 13.9. The van der Waals surface area contributed by atoms with Crippen molar-refractivity contribution in [3.8, 4) is 5.69 Å². The van der Waals surface area contributed by atoms with Crippen LogP contribution in [-0.4, -0.2) is 18.7 Å². The third-order valence-electron chi connectivity index (χ3n) is 4.75. The van der Waals surface area contributed by atoms with E-state index in [1.54, 1.807) is 47.3 Å². The number of fused-ring (bicyclic) bond motifs is 1. The quantitative estimate of drug-likeness (QED) is 0.512. The summed E-state index contributed by atoms with van der Waals surface area (Å²) in [6, 6.07) is 12.4. The molecule has 8 heteroatoms. The van der Waals surface area contributed by atoms with Crippen LogP contribution in [0.5, 0.6) is 0 Å². The fourth-order valence-corrected chi connectivity index (χ4v) is 3.40. The van der Waals surface area contributed by atoms with E-state index >= 15 is 0 Å². The minimum absolute atomic E-state index is 0.0186. The predicted octanol–water partition coefficient (Wildman–Crippen LogP) is 3.77. The van der Waals surface area contributed by atoms with Crippen LogP contribution in [0.3, 0.4) is 0 Å². The topological polar surface area (TPSA) is 61.8 Å². The van der Waals surface area contributed by atoms with Crippen molar-refractivity contribution in [1.29, 1.82) is 0 Å². The molecule has 0 unspecified atom stereocenters. The lowest BCUT2D eigenvalue weighted by Gasteiger charge is -2.14. The third-order valence-corrected chi connectivity index (χ3v) is 5.00. The van der Waals surface area contributed by atoms with Gasteiger partial charge in [-0.3, -0.25) is 9.36 Å². The maximum atomic E-state index is 13.3. The van der Waals surface area contributed by atoms with Gasteiger partial charge in [0.05, 0.1) is 18.6 Å². The highest BCUT2D eigenvalue weighted by Gasteiger charge is 2.20. The summed E-state index contributed by atoms with van der Waals surface area (Å²) in [6.07, 6.45) is 1.56. The molecule has 0 atom stereocenters. The van der Waals surface area contributed by atoms with Gasteiger partial charge in [-0.1, -0.05) is 23.7 Å². The van der Waals surface area contributed by atoms with Gasteiger partial charge in [0.2, 0.25) is 0 Å². The summed E-state index contributed by atoms with van der Waals surface area (Å²) in [7, 11) is 0. The molecule has 4 rings (SSSR count). The van der Waals surface area contributed by atoms with Gasteiger partial charge in [0.1, 0.15) is 5.82 Å². The van der Waals surface area contributed by atoms with Gasteiger partial charge in [-0.05, 0) is 55.8 Å². The number of rotatable bonds is 4. The van der Waals surface area contributed by atoms with Crippen LogP contribution in [0.1, 0.15) is 25.5 Å². The van der Waals surface area contributed by atoms with Crippen molar-refractivity contribution in [1.82, 2.24) is 18.7 Å². The predicted molar refractivity (Wildman–Crippen MR) is 110 cm³/mol. The second-order valence-electron chi connectivity index (χ2n) is 7.03. The number of nitrogens with zero attached hydrogens (tertiary/aromatic N) is 4. The Kier molecular flexibility index (Phi) is 4.84. The van der Waals surface area contributed by atoms with Gasteiger partial charge < -0.3 is 4.57 Å². The van der Waals surface area contributed by atoms with Gasteiger partial charge in [0.25, 0.3) is 5.56 Å². The smallest absolute Gasteiger partial charge is 0.322 e. The highest BCUT2D eigenvalue weighted by atomic mass is 35.5. The molecule has 0 saturated carbocycles. The SMILES string of the molecule is CC(C)n1cnc2c1c(=O)n(Cc1ccc(F)cc1)c(=O)n2-c1ccc(Cl)cc1. The van der Waals surface area contributed by atoms with E-state index in [9.17, 15) is 14.0 Å². The minimum Gasteiger partial charge on any atom is -0.322 e. The zero-order valence-corrected chi connectivity index (χ0v) is 16.6. The molecule has 0 aliphatic heterocycles. The molecule has 0 N–H and O–H groups in total. The Morgan fingerprint density at radius 3 is 2.31 bits per heavy atom. The van der Waals surface area contributed by atoms with Crippen LogP contribution in [-0.2, 0) is 6.54 Å². The van der Waals surface area contributed by atoms with E-state index in [0.717, 1.165) is 4.57 Å². The summed E-state index contributed by atoms with van der Waals surface area (Å²) in [5.41, 5.74) is 0.839. The maximum absolute atomic E-state index is 13.3. The van der Waals surface area contributed by atoms with Crippen molar-refractivity contribution >= 4 is 22.8 Å². The molecule has 0 aliphatic rings. The number of imidazole rings is 1. The molecule has 6 nitrogen and oxygen atoms in total. The van der Waals surface area contributed by atoms with Gasteiger partial charge in [0, 0.05) is 11.1 Å². The third kappa shape index (κ3) is 3.38. The van der Waals surface area contributed by atoms with Crippen LogP contribution in [0.25, 0.3) is 16.9 Å². The average molecular weight is 413 g/mol. The van der Waals surface area contributed by atoms with Crippen LogP contribution >= 0.6 is 11.6 Å². The largest absolute Gasteiger partial charge is 0.337 e. The first kappa shape index (κ1) is 19.1. The summed E-state index contributed by atoms with van der Waals surface area (Å²) in [5, 5.41) is 0.533. The van der Waals surface area contributed by atoms with E-state index in [0.29, 0.717) is 21.8 Å². The van der Waals surface area contributed by atoms with Gasteiger partial charge in [-0.15, -0.1) is 0 Å².